The summed E-state index contributed by atoms with van der Waals surface area (Å²) in [5.74, 6) is 2.74. The molecule has 0 atom stereocenters. The Hall–Kier alpha value is -1.06. The van der Waals surface area contributed by atoms with Crippen LogP contribution < -0.4 is 4.90 Å². The van der Waals surface area contributed by atoms with E-state index in [0.29, 0.717) is 5.92 Å². The predicted molar refractivity (Wildman–Crippen MR) is 68.2 cm³/mol. The van der Waals surface area contributed by atoms with Crippen molar-refractivity contribution < 1.29 is 4.52 Å². The van der Waals surface area contributed by atoms with Crippen LogP contribution in [0.25, 0.3) is 0 Å². The van der Waals surface area contributed by atoms with Gasteiger partial charge in [0.15, 0.2) is 0 Å². The molecule has 1 aliphatic rings. The molecular weight excluding hydrogens is 214 g/mol. The van der Waals surface area contributed by atoms with Crippen molar-refractivity contribution in [3.8, 4) is 0 Å². The van der Waals surface area contributed by atoms with Crippen molar-refractivity contribution in [2.24, 2.45) is 5.92 Å². The maximum Gasteiger partial charge on any atom is 0.266 e. The van der Waals surface area contributed by atoms with Crippen LogP contribution in [0.5, 0.6) is 0 Å². The highest BCUT2D eigenvalue weighted by Gasteiger charge is 2.22. The third-order valence-electron chi connectivity index (χ3n) is 3.52. The lowest BCUT2D eigenvalue weighted by Crippen LogP contribution is -2.34. The summed E-state index contributed by atoms with van der Waals surface area (Å²) in [6.07, 6.45) is 5.18. The average Bonchev–Trinajstić information content (AvgIpc) is 2.80. The molecule has 1 fully saturated rings. The molecule has 0 unspecified atom stereocenters. The number of hydrogen-bond donors (Lipinski definition) is 0. The van der Waals surface area contributed by atoms with E-state index in [1.165, 1.54) is 25.7 Å². The molecule has 0 amide bonds. The first kappa shape index (κ1) is 12.4. The maximum absolute atomic E-state index is 5.25. The summed E-state index contributed by atoms with van der Waals surface area (Å²) in [6.45, 7) is 8.56. The van der Waals surface area contributed by atoms with Gasteiger partial charge in [0.25, 0.3) is 5.95 Å². The molecule has 0 aromatic carbocycles. The van der Waals surface area contributed by atoms with E-state index < -0.39 is 0 Å². The number of aromatic nitrogens is 2. The van der Waals surface area contributed by atoms with Gasteiger partial charge < -0.3 is 9.42 Å². The molecule has 17 heavy (non-hydrogen) atoms. The molecule has 0 N–H and O–H groups in total. The number of nitrogens with zero attached hydrogens (tertiary/aromatic N) is 3. The van der Waals surface area contributed by atoms with Crippen LogP contribution in [0.2, 0.25) is 0 Å². The van der Waals surface area contributed by atoms with Gasteiger partial charge in [-0.3, -0.25) is 0 Å². The topological polar surface area (TPSA) is 42.2 Å². The fourth-order valence-corrected chi connectivity index (χ4v) is 2.42. The summed E-state index contributed by atoms with van der Waals surface area (Å²) < 4.78 is 5.25. The Balaban J connectivity index is 1.91. The molecule has 1 saturated heterocycles. The fourth-order valence-electron chi connectivity index (χ4n) is 2.42. The van der Waals surface area contributed by atoms with Crippen molar-refractivity contribution >= 4 is 5.95 Å². The lowest BCUT2D eigenvalue weighted by atomic mass is 9.93. The second-order valence-corrected chi connectivity index (χ2v) is 5.31. The molecule has 0 saturated carbocycles. The molecule has 96 valence electrons. The molecule has 2 rings (SSSR count). The Morgan fingerprint density at radius 1 is 1.35 bits per heavy atom. The first-order valence-corrected chi connectivity index (χ1v) is 6.79. The van der Waals surface area contributed by atoms with Crippen LogP contribution in [-0.4, -0.2) is 23.2 Å². The van der Waals surface area contributed by atoms with E-state index in [0.717, 1.165) is 30.8 Å². The average molecular weight is 237 g/mol. The SMILES string of the molecule is CCCC1CCN(c2noc(C(C)C)n2)CC1. The van der Waals surface area contributed by atoms with Crippen LogP contribution >= 0.6 is 0 Å². The Labute approximate surface area is 103 Å². The number of hydrogen-bond acceptors (Lipinski definition) is 4. The van der Waals surface area contributed by atoms with Crippen molar-refractivity contribution in [1.82, 2.24) is 10.1 Å². The first-order valence-electron chi connectivity index (χ1n) is 6.79. The normalized spacial score (nSPS) is 18.0. The van der Waals surface area contributed by atoms with Gasteiger partial charge in [-0.05, 0) is 23.9 Å². The summed E-state index contributed by atoms with van der Waals surface area (Å²) in [5.41, 5.74) is 0. The molecule has 1 aromatic rings. The number of anilines is 1. The highest BCUT2D eigenvalue weighted by molar-refractivity contribution is 5.28. The third-order valence-corrected chi connectivity index (χ3v) is 3.52. The smallest absolute Gasteiger partial charge is 0.266 e. The van der Waals surface area contributed by atoms with Gasteiger partial charge in [0.2, 0.25) is 5.89 Å². The highest BCUT2D eigenvalue weighted by atomic mass is 16.5. The van der Waals surface area contributed by atoms with E-state index in [9.17, 15) is 0 Å². The van der Waals surface area contributed by atoms with Crippen molar-refractivity contribution in [2.45, 2.75) is 52.4 Å². The summed E-state index contributed by atoms with van der Waals surface area (Å²) in [4.78, 5) is 6.70. The Bertz CT molecular complexity index is 340. The van der Waals surface area contributed by atoms with Gasteiger partial charge in [-0.25, -0.2) is 0 Å². The fraction of sp³-hybridized carbons (Fsp3) is 0.846. The molecule has 1 aromatic heterocycles. The molecule has 1 aliphatic heterocycles. The minimum absolute atomic E-state index is 0.314. The minimum atomic E-state index is 0.314. The predicted octanol–water partition coefficient (Wildman–Crippen LogP) is 3.21. The number of rotatable bonds is 4. The van der Waals surface area contributed by atoms with Crippen molar-refractivity contribution in [1.29, 1.82) is 0 Å². The van der Waals surface area contributed by atoms with Crippen LogP contribution in [-0.2, 0) is 0 Å². The second kappa shape index (κ2) is 5.52. The van der Waals surface area contributed by atoms with E-state index in [4.69, 9.17) is 4.52 Å². The molecule has 2 heterocycles. The quantitative estimate of drug-likeness (QED) is 0.806. The molecule has 0 aliphatic carbocycles. The molecule has 4 nitrogen and oxygen atoms in total. The van der Waals surface area contributed by atoms with E-state index in [1.807, 2.05) is 0 Å². The number of piperidine rings is 1. The standard InChI is InChI=1S/C13H23N3O/c1-4-5-11-6-8-16(9-7-11)13-14-12(10(2)3)17-15-13/h10-11H,4-9H2,1-3H3. The molecule has 0 bridgehead atoms. The van der Waals surface area contributed by atoms with Crippen LogP contribution in [0.3, 0.4) is 0 Å². The van der Waals surface area contributed by atoms with Crippen molar-refractivity contribution in [2.75, 3.05) is 18.0 Å². The van der Waals surface area contributed by atoms with E-state index in [2.05, 4.69) is 35.8 Å². The lowest BCUT2D eigenvalue weighted by molar-refractivity contribution is 0.355. The summed E-state index contributed by atoms with van der Waals surface area (Å²) in [6, 6.07) is 0. The van der Waals surface area contributed by atoms with Crippen LogP contribution in [0.15, 0.2) is 4.52 Å². The van der Waals surface area contributed by atoms with Crippen LogP contribution in [0.4, 0.5) is 5.95 Å². The van der Waals surface area contributed by atoms with Gasteiger partial charge in [0.05, 0.1) is 0 Å². The third kappa shape index (κ3) is 2.99. The van der Waals surface area contributed by atoms with Crippen LogP contribution in [0, 0.1) is 5.92 Å². The Kier molecular flexibility index (Phi) is 4.02. The zero-order chi connectivity index (χ0) is 12.3. The van der Waals surface area contributed by atoms with Gasteiger partial charge in [-0.2, -0.15) is 4.98 Å². The summed E-state index contributed by atoms with van der Waals surface area (Å²) in [7, 11) is 0. The summed E-state index contributed by atoms with van der Waals surface area (Å²) >= 11 is 0. The van der Waals surface area contributed by atoms with E-state index in [-0.39, 0.29) is 0 Å². The molecule has 0 radical (unpaired) electrons. The zero-order valence-electron chi connectivity index (χ0n) is 11.1. The minimum Gasteiger partial charge on any atom is -0.338 e. The van der Waals surface area contributed by atoms with Gasteiger partial charge in [0.1, 0.15) is 0 Å². The van der Waals surface area contributed by atoms with E-state index >= 15 is 0 Å². The molecular formula is C13H23N3O. The van der Waals surface area contributed by atoms with Gasteiger partial charge >= 0.3 is 0 Å². The van der Waals surface area contributed by atoms with Crippen molar-refractivity contribution in [3.05, 3.63) is 5.89 Å². The molecule has 4 heteroatoms. The Morgan fingerprint density at radius 2 is 2.06 bits per heavy atom. The van der Waals surface area contributed by atoms with Crippen LogP contribution in [0.1, 0.15) is 58.3 Å². The van der Waals surface area contributed by atoms with E-state index in [1.54, 1.807) is 0 Å². The summed E-state index contributed by atoms with van der Waals surface area (Å²) in [5, 5.41) is 4.07. The first-order chi connectivity index (χ1) is 8.20. The van der Waals surface area contributed by atoms with Gasteiger partial charge in [-0.15, -0.1) is 0 Å². The second-order valence-electron chi connectivity index (χ2n) is 5.31. The maximum atomic E-state index is 5.25. The zero-order valence-corrected chi connectivity index (χ0v) is 11.1. The lowest BCUT2D eigenvalue weighted by Gasteiger charge is -2.30. The largest absolute Gasteiger partial charge is 0.338 e. The monoisotopic (exact) mass is 237 g/mol. The van der Waals surface area contributed by atoms with Gasteiger partial charge in [0, 0.05) is 19.0 Å². The molecule has 0 spiro atoms. The Morgan fingerprint density at radius 3 is 2.59 bits per heavy atom. The highest BCUT2D eigenvalue weighted by Crippen LogP contribution is 2.25. The van der Waals surface area contributed by atoms with Gasteiger partial charge in [-0.1, -0.05) is 33.6 Å². The van der Waals surface area contributed by atoms with Crippen molar-refractivity contribution in [3.63, 3.8) is 0 Å².